The Hall–Kier alpha value is -3.03. The quantitative estimate of drug-likeness (QED) is 0.170. The molecular formula is C26H17Br2FO4. The van der Waals surface area contributed by atoms with E-state index in [0.717, 1.165) is 16.3 Å². The van der Waals surface area contributed by atoms with Gasteiger partial charge in [-0.3, -0.25) is 0 Å². The van der Waals surface area contributed by atoms with Crippen molar-refractivity contribution >= 4 is 53.8 Å². The van der Waals surface area contributed by atoms with Crippen molar-refractivity contribution in [2.75, 3.05) is 0 Å². The molecule has 0 saturated carbocycles. The number of benzene rings is 3. The van der Waals surface area contributed by atoms with Gasteiger partial charge in [-0.15, -0.1) is 0 Å². The van der Waals surface area contributed by atoms with Crippen LogP contribution < -0.4 is 11.3 Å². The molecule has 0 atom stereocenters. The second kappa shape index (κ2) is 10.3. The number of halogens is 3. The Morgan fingerprint density at radius 3 is 2.33 bits per heavy atom. The van der Waals surface area contributed by atoms with Gasteiger partial charge in [-0.25, -0.2) is 14.0 Å². The van der Waals surface area contributed by atoms with Crippen molar-refractivity contribution < 1.29 is 13.2 Å². The Morgan fingerprint density at radius 1 is 0.758 bits per heavy atom. The highest BCUT2D eigenvalue weighted by Gasteiger charge is 2.09. The largest absolute Gasteiger partial charge is 0.423 e. The van der Waals surface area contributed by atoms with Crippen molar-refractivity contribution in [2.45, 2.75) is 10.7 Å². The Kier molecular flexibility index (Phi) is 7.20. The lowest BCUT2D eigenvalue weighted by atomic mass is 10.0. The van der Waals surface area contributed by atoms with Gasteiger partial charge >= 0.3 is 11.3 Å². The molecule has 0 N–H and O–H groups in total. The minimum atomic E-state index is -0.441. The van der Waals surface area contributed by atoms with E-state index in [4.69, 9.17) is 8.83 Å². The van der Waals surface area contributed by atoms with E-state index in [-0.39, 0.29) is 11.4 Å². The van der Waals surface area contributed by atoms with Gasteiger partial charge in [0.25, 0.3) is 0 Å². The summed E-state index contributed by atoms with van der Waals surface area (Å²) < 4.78 is 23.7. The van der Waals surface area contributed by atoms with Gasteiger partial charge in [0.1, 0.15) is 17.0 Å². The van der Waals surface area contributed by atoms with Gasteiger partial charge in [-0.2, -0.15) is 0 Å². The van der Waals surface area contributed by atoms with Crippen molar-refractivity contribution in [3.8, 4) is 11.1 Å². The minimum Gasteiger partial charge on any atom is -0.423 e. The third kappa shape index (κ3) is 5.31. The summed E-state index contributed by atoms with van der Waals surface area (Å²) in [5.41, 5.74) is 3.44. The molecule has 0 amide bonds. The van der Waals surface area contributed by atoms with E-state index < -0.39 is 5.63 Å². The Balaban J connectivity index is 0.000000172. The van der Waals surface area contributed by atoms with Gasteiger partial charge in [0.2, 0.25) is 0 Å². The lowest BCUT2D eigenvalue weighted by molar-refractivity contribution is 0.554. The van der Waals surface area contributed by atoms with Crippen LogP contribution in [-0.2, 0) is 10.7 Å². The molecule has 0 bridgehead atoms. The molecule has 0 spiro atoms. The average Bonchev–Trinajstić information content (AvgIpc) is 2.83. The fourth-order valence-corrected chi connectivity index (χ4v) is 4.12. The number of hydrogen-bond donors (Lipinski definition) is 0. The number of fused-ring (bicyclic) bond motifs is 2. The van der Waals surface area contributed by atoms with Crippen molar-refractivity contribution in [1.29, 1.82) is 0 Å². The summed E-state index contributed by atoms with van der Waals surface area (Å²) in [6.45, 7) is 0. The second-order valence-electron chi connectivity index (χ2n) is 7.18. The van der Waals surface area contributed by atoms with Gasteiger partial charge in [0.05, 0.1) is 0 Å². The Morgan fingerprint density at radius 2 is 1.58 bits per heavy atom. The molecule has 5 aromatic rings. The maximum atomic E-state index is 13.4. The van der Waals surface area contributed by atoms with Crippen molar-refractivity contribution in [1.82, 2.24) is 0 Å². The molecule has 3 aromatic carbocycles. The van der Waals surface area contributed by atoms with Gasteiger partial charge < -0.3 is 8.83 Å². The summed E-state index contributed by atoms with van der Waals surface area (Å²) in [7, 11) is 0. The number of hydrogen-bond acceptors (Lipinski definition) is 4. The van der Waals surface area contributed by atoms with Crippen LogP contribution in [-0.4, -0.2) is 0 Å². The van der Waals surface area contributed by atoms with E-state index in [1.165, 1.54) is 18.2 Å². The fraction of sp³-hybridized carbons (Fsp3) is 0.0769. The maximum absolute atomic E-state index is 13.4. The highest BCUT2D eigenvalue weighted by atomic mass is 79.9. The second-order valence-corrected chi connectivity index (χ2v) is 8.31. The molecule has 0 saturated heterocycles. The smallest absolute Gasteiger partial charge is 0.340 e. The first-order valence-corrected chi connectivity index (χ1v) is 12.2. The number of alkyl halides is 2. The molecule has 4 nitrogen and oxygen atoms in total. The van der Waals surface area contributed by atoms with Crippen LogP contribution in [0.4, 0.5) is 4.39 Å². The van der Waals surface area contributed by atoms with Gasteiger partial charge in [-0.1, -0.05) is 74.3 Å². The third-order valence-electron chi connectivity index (χ3n) is 4.96. The molecule has 2 heterocycles. The zero-order valence-corrected chi connectivity index (χ0v) is 20.4. The number of rotatable bonds is 3. The standard InChI is InChI=1S/C16H10BrFO2.C10H7BrO2/c17-9-10-4-5-13-14(8-16(19)20-15(13)6-10)11-2-1-3-12(18)7-11;11-6-8-5-7-3-1-2-4-9(7)13-10(8)12/h1-8H,9H2;1-5H,6H2. The van der Waals surface area contributed by atoms with Gasteiger partial charge in [-0.05, 0) is 47.0 Å². The van der Waals surface area contributed by atoms with Crippen LogP contribution >= 0.6 is 31.9 Å². The van der Waals surface area contributed by atoms with Crippen LogP contribution in [0.2, 0.25) is 0 Å². The van der Waals surface area contributed by atoms with Crippen molar-refractivity contribution in [3.05, 3.63) is 117 Å². The van der Waals surface area contributed by atoms with Crippen molar-refractivity contribution in [3.63, 3.8) is 0 Å². The molecule has 0 aliphatic carbocycles. The predicted molar refractivity (Wildman–Crippen MR) is 136 cm³/mol. The molecule has 0 unspecified atom stereocenters. The lowest BCUT2D eigenvalue weighted by Crippen LogP contribution is -2.04. The first-order chi connectivity index (χ1) is 16.0. The zero-order valence-electron chi connectivity index (χ0n) is 17.2. The Bertz CT molecular complexity index is 1560. The maximum Gasteiger partial charge on any atom is 0.340 e. The van der Waals surface area contributed by atoms with E-state index >= 15 is 0 Å². The van der Waals surface area contributed by atoms with Crippen LogP contribution in [0.1, 0.15) is 11.1 Å². The van der Waals surface area contributed by atoms with E-state index in [1.807, 2.05) is 42.5 Å². The molecular weight excluding hydrogens is 555 g/mol. The highest BCUT2D eigenvalue weighted by molar-refractivity contribution is 9.08. The molecule has 5 rings (SSSR count). The average molecular weight is 572 g/mol. The summed E-state index contributed by atoms with van der Waals surface area (Å²) in [6, 6.07) is 22.5. The van der Waals surface area contributed by atoms with Crippen LogP contribution in [0.25, 0.3) is 33.1 Å². The topological polar surface area (TPSA) is 60.4 Å². The minimum absolute atomic E-state index is 0.268. The SMILES string of the molecule is O=c1cc(-c2cccc(F)c2)c2ccc(CBr)cc2o1.O=c1oc2ccccc2cc1CBr. The summed E-state index contributed by atoms with van der Waals surface area (Å²) in [6.07, 6.45) is 0. The van der Waals surface area contributed by atoms with Crippen LogP contribution in [0.3, 0.4) is 0 Å². The molecule has 7 heteroatoms. The highest BCUT2D eigenvalue weighted by Crippen LogP contribution is 2.28. The summed E-state index contributed by atoms with van der Waals surface area (Å²) in [5.74, 6) is -0.332. The molecule has 0 fully saturated rings. The summed E-state index contributed by atoms with van der Waals surface area (Å²) in [4.78, 5) is 23.0. The van der Waals surface area contributed by atoms with Gasteiger partial charge in [0.15, 0.2) is 0 Å². The Labute approximate surface area is 204 Å². The molecule has 2 aromatic heterocycles. The predicted octanol–water partition coefficient (Wildman–Crippen LogP) is 7.18. The van der Waals surface area contributed by atoms with Crippen molar-refractivity contribution in [2.24, 2.45) is 0 Å². The number of para-hydroxylation sites is 1. The monoisotopic (exact) mass is 570 g/mol. The zero-order chi connectivity index (χ0) is 23.4. The van der Waals surface area contributed by atoms with E-state index in [9.17, 15) is 14.0 Å². The van der Waals surface area contributed by atoms with E-state index in [1.54, 1.807) is 18.2 Å². The molecule has 0 radical (unpaired) electrons. The lowest BCUT2D eigenvalue weighted by Gasteiger charge is -2.06. The van der Waals surface area contributed by atoms with Crippen LogP contribution in [0.15, 0.2) is 97.3 Å². The molecule has 0 aliphatic heterocycles. The van der Waals surface area contributed by atoms with Crippen LogP contribution in [0.5, 0.6) is 0 Å². The summed E-state index contributed by atoms with van der Waals surface area (Å²) >= 11 is 6.60. The fourth-order valence-electron chi connectivity index (χ4n) is 3.38. The van der Waals surface area contributed by atoms with Crippen LogP contribution in [0, 0.1) is 5.82 Å². The molecule has 166 valence electrons. The molecule has 33 heavy (non-hydrogen) atoms. The van der Waals surface area contributed by atoms with E-state index in [0.29, 0.717) is 38.5 Å². The summed E-state index contributed by atoms with van der Waals surface area (Å²) in [5, 5.41) is 2.95. The first-order valence-electron chi connectivity index (χ1n) is 9.95. The molecule has 0 aliphatic rings. The normalized spacial score (nSPS) is 10.8. The third-order valence-corrected chi connectivity index (χ3v) is 6.21. The van der Waals surface area contributed by atoms with E-state index in [2.05, 4.69) is 31.9 Å². The van der Waals surface area contributed by atoms with Gasteiger partial charge in [0, 0.05) is 33.1 Å². The first kappa shape index (κ1) is 23.1.